The molecule has 0 fully saturated rings. The lowest BCUT2D eigenvalue weighted by Gasteiger charge is -1.98. The van der Waals surface area contributed by atoms with Gasteiger partial charge in [0.05, 0.1) is 6.07 Å². The molecule has 0 saturated carbocycles. The van der Waals surface area contributed by atoms with Crippen LogP contribution in [0.4, 0.5) is 0 Å². The molecule has 1 aromatic heterocycles. The standard InChI is InChI=1S/C11H17N3S/c1-15-10-14-9-8-13-11(14)6-4-2-3-5-7-12/h8-9H,2-6,10H2,1H3/p+1. The molecule has 0 radical (unpaired) electrons. The Morgan fingerprint density at radius 2 is 2.33 bits per heavy atom. The van der Waals surface area contributed by atoms with Gasteiger partial charge >= 0.3 is 0 Å². The topological polar surface area (TPSA) is 43.5 Å². The Morgan fingerprint density at radius 3 is 3.07 bits per heavy atom. The molecule has 0 aliphatic carbocycles. The van der Waals surface area contributed by atoms with Gasteiger partial charge in [-0.05, 0) is 19.1 Å². The fourth-order valence-electron chi connectivity index (χ4n) is 1.55. The molecule has 0 aliphatic heterocycles. The maximum absolute atomic E-state index is 8.40. The average Bonchev–Trinajstić information content (AvgIpc) is 2.66. The van der Waals surface area contributed by atoms with Crippen molar-refractivity contribution >= 4 is 11.8 Å². The highest BCUT2D eigenvalue weighted by Gasteiger charge is 2.08. The fourth-order valence-corrected chi connectivity index (χ4v) is 2.07. The molecule has 4 heteroatoms. The molecule has 1 aromatic rings. The Bertz CT molecular complexity index is 314. The molecule has 0 bridgehead atoms. The minimum absolute atomic E-state index is 0.690. The van der Waals surface area contributed by atoms with E-state index in [1.165, 1.54) is 5.82 Å². The third-order valence-electron chi connectivity index (χ3n) is 2.32. The predicted molar refractivity (Wildman–Crippen MR) is 62.3 cm³/mol. The lowest BCUT2D eigenvalue weighted by atomic mass is 10.1. The van der Waals surface area contributed by atoms with Crippen molar-refractivity contribution in [2.75, 3.05) is 6.26 Å². The summed E-state index contributed by atoms with van der Waals surface area (Å²) in [5, 5.41) is 8.40. The predicted octanol–water partition coefficient (Wildman–Crippen LogP) is 2.25. The second kappa shape index (κ2) is 7.36. The van der Waals surface area contributed by atoms with Crippen LogP contribution in [-0.4, -0.2) is 11.2 Å². The fraction of sp³-hybridized carbons (Fsp3) is 0.636. The smallest absolute Gasteiger partial charge is 0.248 e. The van der Waals surface area contributed by atoms with Gasteiger partial charge in [-0.1, -0.05) is 6.42 Å². The molecule has 1 heterocycles. The van der Waals surface area contributed by atoms with Crippen LogP contribution in [0, 0.1) is 11.3 Å². The van der Waals surface area contributed by atoms with Crippen molar-refractivity contribution in [3.63, 3.8) is 0 Å². The minimum Gasteiger partial charge on any atom is -0.248 e. The van der Waals surface area contributed by atoms with E-state index in [0.29, 0.717) is 6.42 Å². The number of aromatic nitrogens is 2. The Hall–Kier alpha value is -0.950. The third kappa shape index (κ3) is 4.39. The van der Waals surface area contributed by atoms with Crippen molar-refractivity contribution in [1.29, 1.82) is 5.26 Å². The third-order valence-corrected chi connectivity index (χ3v) is 2.86. The first-order valence-corrected chi connectivity index (χ1v) is 6.69. The van der Waals surface area contributed by atoms with Crippen LogP contribution in [0.25, 0.3) is 0 Å². The van der Waals surface area contributed by atoms with Crippen LogP contribution in [0.5, 0.6) is 0 Å². The first kappa shape index (κ1) is 12.1. The number of hydrogen-bond acceptors (Lipinski definition) is 2. The zero-order valence-corrected chi connectivity index (χ0v) is 10.0. The second-order valence-electron chi connectivity index (χ2n) is 3.51. The molecule has 0 aliphatic rings. The summed E-state index contributed by atoms with van der Waals surface area (Å²) in [4.78, 5) is 3.27. The number of unbranched alkanes of at least 4 members (excludes halogenated alkanes) is 3. The van der Waals surface area contributed by atoms with E-state index in [1.54, 1.807) is 0 Å². The number of imidazole rings is 1. The molecule has 0 aromatic carbocycles. The molecule has 1 rings (SSSR count). The largest absolute Gasteiger partial charge is 0.254 e. The number of nitriles is 1. The van der Waals surface area contributed by atoms with Crippen molar-refractivity contribution in [2.45, 2.75) is 38.0 Å². The summed E-state index contributed by atoms with van der Waals surface area (Å²) in [6.07, 6.45) is 11.3. The van der Waals surface area contributed by atoms with Crippen molar-refractivity contribution in [1.82, 2.24) is 4.98 Å². The number of aryl methyl sites for hydroxylation is 1. The van der Waals surface area contributed by atoms with Crippen LogP contribution in [0.3, 0.4) is 0 Å². The molecule has 15 heavy (non-hydrogen) atoms. The lowest BCUT2D eigenvalue weighted by molar-refractivity contribution is -0.682. The Kier molecular flexibility index (Phi) is 5.94. The quantitative estimate of drug-likeness (QED) is 0.570. The van der Waals surface area contributed by atoms with Crippen LogP contribution in [-0.2, 0) is 12.3 Å². The Morgan fingerprint density at radius 1 is 1.47 bits per heavy atom. The molecule has 82 valence electrons. The van der Waals surface area contributed by atoms with Crippen LogP contribution in [0.2, 0.25) is 0 Å². The second-order valence-corrected chi connectivity index (χ2v) is 4.35. The molecule has 1 N–H and O–H groups in total. The number of thioether (sulfide) groups is 1. The number of nitrogens with zero attached hydrogens (tertiary/aromatic N) is 2. The molecule has 3 nitrogen and oxygen atoms in total. The monoisotopic (exact) mass is 224 g/mol. The molecular weight excluding hydrogens is 206 g/mol. The highest BCUT2D eigenvalue weighted by Crippen LogP contribution is 2.03. The highest BCUT2D eigenvalue weighted by molar-refractivity contribution is 7.97. The highest BCUT2D eigenvalue weighted by atomic mass is 32.2. The summed E-state index contributed by atoms with van der Waals surface area (Å²) in [5.41, 5.74) is 0. The summed E-state index contributed by atoms with van der Waals surface area (Å²) in [5.74, 6) is 2.30. The van der Waals surface area contributed by atoms with E-state index in [1.807, 2.05) is 18.0 Å². The number of aromatic amines is 1. The SMILES string of the molecule is CSC[n+]1cc[nH]c1CCCCCC#N. The molecule has 0 saturated heterocycles. The van der Waals surface area contributed by atoms with Crippen molar-refractivity contribution in [3.05, 3.63) is 18.2 Å². The van der Waals surface area contributed by atoms with E-state index in [2.05, 4.69) is 28.1 Å². The van der Waals surface area contributed by atoms with Crippen molar-refractivity contribution < 1.29 is 4.57 Å². The molecule has 0 spiro atoms. The van der Waals surface area contributed by atoms with E-state index in [-0.39, 0.29) is 0 Å². The van der Waals surface area contributed by atoms with Crippen LogP contribution in [0.15, 0.2) is 12.4 Å². The number of H-pyrrole nitrogens is 1. The van der Waals surface area contributed by atoms with Gasteiger partial charge in [-0.2, -0.15) is 5.26 Å². The van der Waals surface area contributed by atoms with Crippen LogP contribution in [0.1, 0.15) is 31.5 Å². The van der Waals surface area contributed by atoms with E-state index < -0.39 is 0 Å². The van der Waals surface area contributed by atoms with Gasteiger partial charge in [0, 0.05) is 12.8 Å². The summed E-state index contributed by atoms with van der Waals surface area (Å²) < 4.78 is 2.24. The Balaban J connectivity index is 2.25. The summed E-state index contributed by atoms with van der Waals surface area (Å²) in [7, 11) is 0. The van der Waals surface area contributed by atoms with Gasteiger partial charge in [0.15, 0.2) is 0 Å². The van der Waals surface area contributed by atoms with Gasteiger partial charge in [-0.3, -0.25) is 0 Å². The maximum Gasteiger partial charge on any atom is 0.254 e. The van der Waals surface area contributed by atoms with Gasteiger partial charge in [0.1, 0.15) is 18.3 Å². The summed E-state index contributed by atoms with van der Waals surface area (Å²) in [6, 6.07) is 2.18. The number of rotatable bonds is 7. The molecular formula is C11H18N3S+. The van der Waals surface area contributed by atoms with E-state index in [4.69, 9.17) is 5.26 Å². The molecule has 0 atom stereocenters. The molecule has 0 amide bonds. The number of nitrogens with one attached hydrogen (secondary N) is 1. The van der Waals surface area contributed by atoms with Gasteiger partial charge in [-0.15, -0.1) is 11.8 Å². The van der Waals surface area contributed by atoms with Crippen molar-refractivity contribution in [3.8, 4) is 6.07 Å². The first-order chi connectivity index (χ1) is 7.38. The van der Waals surface area contributed by atoms with Gasteiger partial charge < -0.3 is 0 Å². The zero-order valence-electron chi connectivity index (χ0n) is 9.20. The summed E-state index contributed by atoms with van der Waals surface area (Å²) in [6.45, 7) is 0. The number of hydrogen-bond donors (Lipinski definition) is 1. The summed E-state index contributed by atoms with van der Waals surface area (Å²) >= 11 is 1.82. The maximum atomic E-state index is 8.40. The molecule has 0 unspecified atom stereocenters. The van der Waals surface area contributed by atoms with Gasteiger partial charge in [0.2, 0.25) is 0 Å². The minimum atomic E-state index is 0.690. The van der Waals surface area contributed by atoms with E-state index in [9.17, 15) is 0 Å². The van der Waals surface area contributed by atoms with Crippen LogP contribution < -0.4 is 4.57 Å². The normalized spacial score (nSPS) is 10.1. The van der Waals surface area contributed by atoms with Gasteiger partial charge in [0.25, 0.3) is 5.82 Å². The van der Waals surface area contributed by atoms with Crippen LogP contribution >= 0.6 is 11.8 Å². The lowest BCUT2D eigenvalue weighted by Crippen LogP contribution is -2.34. The van der Waals surface area contributed by atoms with Gasteiger partial charge in [-0.25, -0.2) is 9.55 Å². The first-order valence-electron chi connectivity index (χ1n) is 5.30. The van der Waals surface area contributed by atoms with E-state index >= 15 is 0 Å². The average molecular weight is 224 g/mol. The Labute approximate surface area is 95.5 Å². The zero-order chi connectivity index (χ0) is 10.9. The van der Waals surface area contributed by atoms with E-state index in [0.717, 1.165) is 31.6 Å². The van der Waals surface area contributed by atoms with Crippen molar-refractivity contribution in [2.24, 2.45) is 0 Å².